The van der Waals surface area contributed by atoms with Crippen LogP contribution in [0.25, 0.3) is 0 Å². The number of hydrogen-bond acceptors (Lipinski definition) is 6. The predicted octanol–water partition coefficient (Wildman–Crippen LogP) is 1.10. The minimum absolute atomic E-state index is 0.000236. The van der Waals surface area contributed by atoms with E-state index in [9.17, 15) is 35.5 Å². The van der Waals surface area contributed by atoms with E-state index in [0.29, 0.717) is 19.3 Å². The van der Waals surface area contributed by atoms with E-state index in [1.54, 1.807) is 0 Å². The molecule has 3 fully saturated rings. The van der Waals surface area contributed by atoms with Crippen LogP contribution in [0.1, 0.15) is 32.1 Å². The molecule has 1 aromatic rings. The van der Waals surface area contributed by atoms with Gasteiger partial charge in [0, 0.05) is 52.1 Å². The molecule has 13 heteroatoms. The van der Waals surface area contributed by atoms with E-state index in [0.717, 1.165) is 0 Å². The maximum Gasteiger partial charge on any atom is 0.251 e. The summed E-state index contributed by atoms with van der Waals surface area (Å²) in [5.74, 6) is -3.67. The summed E-state index contributed by atoms with van der Waals surface area (Å²) in [5, 5.41) is 9.62. The molecular formula is C21H29F2N3O6S2. The van der Waals surface area contributed by atoms with Crippen LogP contribution >= 0.6 is 0 Å². The summed E-state index contributed by atoms with van der Waals surface area (Å²) in [6.07, 6.45) is -0.204. The summed E-state index contributed by atoms with van der Waals surface area (Å²) in [6, 6.07) is 4.92. The number of hydrogen-bond donors (Lipinski definition) is 1. The zero-order valence-corrected chi connectivity index (χ0v) is 20.3. The number of carbonyl (C=O) groups excluding carboxylic acids is 1. The zero-order valence-electron chi connectivity index (χ0n) is 18.6. The molecule has 0 radical (unpaired) electrons. The second-order valence-electron chi connectivity index (χ2n) is 9.16. The highest BCUT2D eigenvalue weighted by atomic mass is 32.2. The first-order chi connectivity index (χ1) is 15.9. The standard InChI is InChI=1S/C21H29F2N3O6S2/c22-21(23)8-12-24(13-9-21)20(28)16-2-1-10-25(14-16)33(29,30)18-3-5-19(6-4-18)34(31,32)26-11-7-17(27)15-26/h3-6,16-17,27H,1-2,7-15H2/t16-,17+/m1/s1. The van der Waals surface area contributed by atoms with Crippen LogP contribution in [-0.4, -0.2) is 92.7 Å². The summed E-state index contributed by atoms with van der Waals surface area (Å²) < 4.78 is 81.0. The molecule has 1 aromatic carbocycles. The minimum atomic E-state index is -3.97. The van der Waals surface area contributed by atoms with Gasteiger partial charge in [0.25, 0.3) is 5.92 Å². The molecule has 34 heavy (non-hydrogen) atoms. The Labute approximate surface area is 198 Å². The molecule has 0 saturated carbocycles. The van der Waals surface area contributed by atoms with Crippen LogP contribution in [0.5, 0.6) is 0 Å². The van der Waals surface area contributed by atoms with Crippen LogP contribution in [-0.2, 0) is 24.8 Å². The molecular weight excluding hydrogens is 492 g/mol. The Morgan fingerprint density at radius 3 is 1.88 bits per heavy atom. The van der Waals surface area contributed by atoms with Crippen LogP contribution in [0.4, 0.5) is 8.78 Å². The molecule has 3 aliphatic heterocycles. The van der Waals surface area contributed by atoms with Crippen LogP contribution in [0.3, 0.4) is 0 Å². The number of carbonyl (C=O) groups is 1. The van der Waals surface area contributed by atoms with E-state index in [1.807, 2.05) is 0 Å². The number of piperidine rings is 2. The summed E-state index contributed by atoms with van der Waals surface area (Å²) in [5.41, 5.74) is 0. The third kappa shape index (κ3) is 5.13. The molecule has 0 spiro atoms. The quantitative estimate of drug-likeness (QED) is 0.621. The van der Waals surface area contributed by atoms with Gasteiger partial charge in [0.2, 0.25) is 26.0 Å². The maximum atomic E-state index is 13.4. The molecule has 0 bridgehead atoms. The van der Waals surface area contributed by atoms with Gasteiger partial charge < -0.3 is 10.0 Å². The number of aliphatic hydroxyl groups is 1. The monoisotopic (exact) mass is 521 g/mol. The number of benzene rings is 1. The van der Waals surface area contributed by atoms with Crippen LogP contribution in [0.15, 0.2) is 34.1 Å². The van der Waals surface area contributed by atoms with Crippen LogP contribution in [0, 0.1) is 5.92 Å². The van der Waals surface area contributed by atoms with Crippen molar-refractivity contribution in [1.82, 2.24) is 13.5 Å². The number of aliphatic hydroxyl groups excluding tert-OH is 1. The van der Waals surface area contributed by atoms with E-state index in [1.165, 1.54) is 37.8 Å². The Morgan fingerprint density at radius 2 is 1.38 bits per heavy atom. The summed E-state index contributed by atoms with van der Waals surface area (Å²) in [7, 11) is -7.81. The van der Waals surface area contributed by atoms with Gasteiger partial charge in [-0.05, 0) is 43.5 Å². The first-order valence-electron chi connectivity index (χ1n) is 11.4. The Bertz CT molecular complexity index is 1120. The Balaban J connectivity index is 1.45. The molecule has 4 rings (SSSR count). The molecule has 0 unspecified atom stereocenters. The minimum Gasteiger partial charge on any atom is -0.392 e. The first-order valence-corrected chi connectivity index (χ1v) is 14.2. The number of alkyl halides is 2. The van der Waals surface area contributed by atoms with Crippen LogP contribution in [0.2, 0.25) is 0 Å². The predicted molar refractivity (Wildman–Crippen MR) is 118 cm³/mol. The number of β-amino-alcohol motifs (C(OH)–C–C–N with tert-alkyl or cyclic N) is 1. The van der Waals surface area contributed by atoms with Crippen molar-refractivity contribution in [2.24, 2.45) is 5.92 Å². The summed E-state index contributed by atoms with van der Waals surface area (Å²) in [4.78, 5) is 14.1. The molecule has 9 nitrogen and oxygen atoms in total. The van der Waals surface area contributed by atoms with Crippen molar-refractivity contribution in [3.05, 3.63) is 24.3 Å². The number of rotatable bonds is 5. The van der Waals surface area contributed by atoms with E-state index in [2.05, 4.69) is 0 Å². The topological polar surface area (TPSA) is 115 Å². The largest absolute Gasteiger partial charge is 0.392 e. The lowest BCUT2D eigenvalue weighted by molar-refractivity contribution is -0.142. The van der Waals surface area contributed by atoms with Crippen molar-refractivity contribution in [1.29, 1.82) is 0 Å². The van der Waals surface area contributed by atoms with Crippen molar-refractivity contribution in [2.45, 2.75) is 53.9 Å². The van der Waals surface area contributed by atoms with Gasteiger partial charge in [-0.3, -0.25) is 4.79 Å². The molecule has 190 valence electrons. The van der Waals surface area contributed by atoms with Gasteiger partial charge in [0.05, 0.1) is 21.8 Å². The number of halogens is 2. The zero-order chi connectivity index (χ0) is 24.7. The molecule has 1 N–H and O–H groups in total. The molecule has 2 atom stereocenters. The smallest absolute Gasteiger partial charge is 0.251 e. The molecule has 3 heterocycles. The van der Waals surface area contributed by atoms with Crippen molar-refractivity contribution >= 4 is 26.0 Å². The fraction of sp³-hybridized carbons (Fsp3) is 0.667. The molecule has 0 aromatic heterocycles. The van der Waals surface area contributed by atoms with Gasteiger partial charge in [0.1, 0.15) is 0 Å². The Hall–Kier alpha value is -1.67. The highest BCUT2D eigenvalue weighted by molar-refractivity contribution is 7.89. The lowest BCUT2D eigenvalue weighted by Gasteiger charge is -2.37. The highest BCUT2D eigenvalue weighted by Crippen LogP contribution is 2.31. The van der Waals surface area contributed by atoms with Gasteiger partial charge in [-0.25, -0.2) is 25.6 Å². The third-order valence-corrected chi connectivity index (χ3v) is 10.5. The summed E-state index contributed by atoms with van der Waals surface area (Å²) >= 11 is 0. The normalized spacial score (nSPS) is 27.1. The second kappa shape index (κ2) is 9.41. The van der Waals surface area contributed by atoms with E-state index in [-0.39, 0.29) is 67.8 Å². The molecule has 3 aliphatic rings. The second-order valence-corrected chi connectivity index (χ2v) is 13.0. The van der Waals surface area contributed by atoms with Crippen molar-refractivity contribution < 1.29 is 35.5 Å². The van der Waals surface area contributed by atoms with Crippen molar-refractivity contribution in [3.63, 3.8) is 0 Å². The molecule has 1 amide bonds. The van der Waals surface area contributed by atoms with Gasteiger partial charge in [-0.15, -0.1) is 0 Å². The summed E-state index contributed by atoms with van der Waals surface area (Å²) in [6.45, 7) is 0.287. The molecule has 3 saturated heterocycles. The lowest BCUT2D eigenvalue weighted by Crippen LogP contribution is -2.49. The molecule has 0 aliphatic carbocycles. The number of amides is 1. The third-order valence-electron chi connectivity index (χ3n) is 6.77. The van der Waals surface area contributed by atoms with E-state index in [4.69, 9.17) is 0 Å². The maximum absolute atomic E-state index is 13.4. The van der Waals surface area contributed by atoms with Gasteiger partial charge in [-0.2, -0.15) is 8.61 Å². The van der Waals surface area contributed by atoms with Crippen LogP contribution < -0.4 is 0 Å². The van der Waals surface area contributed by atoms with E-state index < -0.39 is 38.0 Å². The Morgan fingerprint density at radius 1 is 0.853 bits per heavy atom. The van der Waals surface area contributed by atoms with E-state index >= 15 is 0 Å². The average Bonchev–Trinajstić information content (AvgIpc) is 3.26. The average molecular weight is 522 g/mol. The first kappa shape index (κ1) is 25.4. The fourth-order valence-corrected chi connectivity index (χ4v) is 7.70. The highest BCUT2D eigenvalue weighted by Gasteiger charge is 2.40. The number of sulfonamides is 2. The number of likely N-dealkylation sites (tertiary alicyclic amines) is 1. The SMILES string of the molecule is O=C([C@@H]1CCCN(S(=O)(=O)c2ccc(S(=O)(=O)N3CC[C@H](O)C3)cc2)C1)N1CCC(F)(F)CC1. The Kier molecular flexibility index (Phi) is 7.04. The van der Waals surface area contributed by atoms with Gasteiger partial charge in [-0.1, -0.05) is 0 Å². The van der Waals surface area contributed by atoms with Gasteiger partial charge >= 0.3 is 0 Å². The van der Waals surface area contributed by atoms with Crippen molar-refractivity contribution in [2.75, 3.05) is 39.3 Å². The van der Waals surface area contributed by atoms with Gasteiger partial charge in [0.15, 0.2) is 0 Å². The van der Waals surface area contributed by atoms with Crippen molar-refractivity contribution in [3.8, 4) is 0 Å². The fourth-order valence-electron chi connectivity index (χ4n) is 4.69. The lowest BCUT2D eigenvalue weighted by atomic mass is 9.96. The number of nitrogens with zero attached hydrogens (tertiary/aromatic N) is 3.